The van der Waals surface area contributed by atoms with E-state index in [4.69, 9.17) is 0 Å². The molecule has 0 saturated carbocycles. The van der Waals surface area contributed by atoms with Crippen LogP contribution in [0.25, 0.3) is 22.2 Å². The quantitative estimate of drug-likeness (QED) is 0.577. The van der Waals surface area contributed by atoms with Crippen LogP contribution in [0.2, 0.25) is 0 Å². The molecule has 1 aliphatic heterocycles. The maximum atomic E-state index is 11.5. The highest BCUT2D eigenvalue weighted by atomic mass is 16.1. The van der Waals surface area contributed by atoms with Crippen LogP contribution in [0.4, 0.5) is 11.4 Å². The molecule has 2 aromatic carbocycles. The number of anilines is 2. The molecule has 146 valence electrons. The molecular formula is C24H29N3O. The molecule has 0 bridgehead atoms. The number of aldehydes is 1. The molecule has 28 heavy (non-hydrogen) atoms. The predicted molar refractivity (Wildman–Crippen MR) is 118 cm³/mol. The van der Waals surface area contributed by atoms with Gasteiger partial charge in [-0.25, -0.2) is 0 Å². The van der Waals surface area contributed by atoms with Crippen molar-refractivity contribution in [2.24, 2.45) is 0 Å². The lowest BCUT2D eigenvalue weighted by Crippen LogP contribution is -2.25. The summed E-state index contributed by atoms with van der Waals surface area (Å²) in [6.45, 7) is 11.1. The Bertz CT molecular complexity index is 1040. The minimum atomic E-state index is -0.173. The summed E-state index contributed by atoms with van der Waals surface area (Å²) in [6.07, 6.45) is 1.77. The fourth-order valence-electron chi connectivity index (χ4n) is 4.48. The van der Waals surface area contributed by atoms with Gasteiger partial charge in [-0.05, 0) is 58.7 Å². The number of hydrogen-bond acceptors (Lipinski definition) is 3. The van der Waals surface area contributed by atoms with Gasteiger partial charge in [0.25, 0.3) is 0 Å². The minimum Gasteiger partial charge on any atom is -0.380 e. The molecule has 4 nitrogen and oxygen atoms in total. The highest BCUT2D eigenvalue weighted by Crippen LogP contribution is 2.43. The first-order valence-electron chi connectivity index (χ1n) is 10.0. The van der Waals surface area contributed by atoms with Crippen molar-refractivity contribution in [2.75, 3.05) is 10.6 Å². The number of hydrogen-bond donors (Lipinski definition) is 2. The average molecular weight is 376 g/mol. The number of carbonyl (C=O) groups is 1. The first-order chi connectivity index (χ1) is 13.3. The van der Waals surface area contributed by atoms with Gasteiger partial charge >= 0.3 is 0 Å². The fraction of sp³-hybridized carbons (Fsp3) is 0.375. The molecule has 0 fully saturated rings. The van der Waals surface area contributed by atoms with E-state index in [1.165, 1.54) is 27.7 Å². The lowest BCUT2D eigenvalue weighted by molar-refractivity contribution is -0.108. The second kappa shape index (κ2) is 6.69. The lowest BCUT2D eigenvalue weighted by atomic mass is 10.0. The van der Waals surface area contributed by atoms with E-state index in [-0.39, 0.29) is 17.6 Å². The third kappa shape index (κ3) is 2.97. The number of aryl methyl sites for hydroxylation is 1. The van der Waals surface area contributed by atoms with E-state index < -0.39 is 0 Å². The number of benzene rings is 2. The van der Waals surface area contributed by atoms with Crippen LogP contribution in [-0.4, -0.2) is 22.9 Å². The Morgan fingerprint density at radius 1 is 1.07 bits per heavy atom. The summed E-state index contributed by atoms with van der Waals surface area (Å²) in [6, 6.07) is 15.0. The van der Waals surface area contributed by atoms with Crippen LogP contribution in [0.5, 0.6) is 0 Å². The van der Waals surface area contributed by atoms with Crippen LogP contribution in [0, 0.1) is 6.92 Å². The molecule has 2 N–H and O–H groups in total. The first-order valence-corrected chi connectivity index (χ1v) is 10.0. The Balaban J connectivity index is 2.03. The van der Waals surface area contributed by atoms with Crippen LogP contribution in [0.15, 0.2) is 42.5 Å². The Kier molecular flexibility index (Phi) is 4.45. The standard InChI is InChI=1S/C24H29N3O/c1-15-13-17(14-28)26-20-11-8-10-19(22(20)25-15)23-16(2)18-9-6-7-12-21(18)27(23)24(3,4)5/h6-12,14-15,17,25-26H,13H2,1-5H3/t15-,17?/m1/s1. The molecule has 3 aromatic rings. The molecule has 0 amide bonds. The van der Waals surface area contributed by atoms with Gasteiger partial charge in [-0.3, -0.25) is 0 Å². The monoisotopic (exact) mass is 375 g/mol. The van der Waals surface area contributed by atoms with E-state index >= 15 is 0 Å². The molecule has 1 aromatic heterocycles. The first kappa shape index (κ1) is 18.6. The van der Waals surface area contributed by atoms with Gasteiger partial charge in [0.05, 0.1) is 23.1 Å². The summed E-state index contributed by atoms with van der Waals surface area (Å²) >= 11 is 0. The summed E-state index contributed by atoms with van der Waals surface area (Å²) in [5.74, 6) is 0. The van der Waals surface area contributed by atoms with Gasteiger partial charge in [0.15, 0.2) is 0 Å². The number of nitrogens with one attached hydrogen (secondary N) is 2. The molecule has 2 heterocycles. The van der Waals surface area contributed by atoms with Crippen molar-refractivity contribution in [1.82, 2.24) is 4.57 Å². The van der Waals surface area contributed by atoms with E-state index in [2.05, 4.69) is 92.3 Å². The molecule has 0 radical (unpaired) electrons. The van der Waals surface area contributed by atoms with Gasteiger partial charge in [-0.15, -0.1) is 0 Å². The molecule has 4 heteroatoms. The zero-order valence-electron chi connectivity index (χ0n) is 17.3. The van der Waals surface area contributed by atoms with Gasteiger partial charge in [-0.1, -0.05) is 30.3 Å². The Labute approximate surface area is 166 Å². The summed E-state index contributed by atoms with van der Waals surface area (Å²) in [5, 5.41) is 8.37. The number of para-hydroxylation sites is 2. The molecule has 1 aliphatic rings. The van der Waals surface area contributed by atoms with Crippen LogP contribution in [0.1, 0.15) is 39.7 Å². The second-order valence-electron chi connectivity index (χ2n) is 8.89. The number of rotatable bonds is 2. The predicted octanol–water partition coefficient (Wildman–Crippen LogP) is 5.56. The molecule has 0 spiro atoms. The SMILES string of the molecule is Cc1c(-c2cccc3c2N[C@H](C)CC(C=O)N3)n(C(C)(C)C)c2ccccc12. The zero-order chi connectivity index (χ0) is 20.1. The summed E-state index contributed by atoms with van der Waals surface area (Å²) in [4.78, 5) is 11.5. The maximum Gasteiger partial charge on any atom is 0.142 e. The van der Waals surface area contributed by atoms with Crippen molar-refractivity contribution in [1.29, 1.82) is 0 Å². The van der Waals surface area contributed by atoms with Crippen molar-refractivity contribution in [3.8, 4) is 11.3 Å². The smallest absolute Gasteiger partial charge is 0.142 e. The maximum absolute atomic E-state index is 11.5. The van der Waals surface area contributed by atoms with Crippen LogP contribution in [-0.2, 0) is 10.3 Å². The summed E-state index contributed by atoms with van der Waals surface area (Å²) in [7, 11) is 0. The van der Waals surface area contributed by atoms with Crippen molar-refractivity contribution in [3.05, 3.63) is 48.0 Å². The number of nitrogens with zero attached hydrogens (tertiary/aromatic N) is 1. The van der Waals surface area contributed by atoms with E-state index in [1.807, 2.05) is 0 Å². The van der Waals surface area contributed by atoms with Crippen molar-refractivity contribution in [2.45, 2.75) is 58.7 Å². The molecule has 1 unspecified atom stereocenters. The molecule has 0 aliphatic carbocycles. The Morgan fingerprint density at radius 3 is 2.54 bits per heavy atom. The largest absolute Gasteiger partial charge is 0.380 e. The summed E-state index contributed by atoms with van der Waals surface area (Å²) < 4.78 is 2.45. The normalized spacial score (nSPS) is 19.5. The van der Waals surface area contributed by atoms with Crippen molar-refractivity contribution in [3.63, 3.8) is 0 Å². The highest BCUT2D eigenvalue weighted by Gasteiger charge is 2.28. The zero-order valence-corrected chi connectivity index (χ0v) is 17.3. The second-order valence-corrected chi connectivity index (χ2v) is 8.89. The lowest BCUT2D eigenvalue weighted by Gasteiger charge is -2.28. The number of carbonyl (C=O) groups excluding carboxylic acids is 1. The fourth-order valence-corrected chi connectivity index (χ4v) is 4.48. The third-order valence-electron chi connectivity index (χ3n) is 5.62. The van der Waals surface area contributed by atoms with E-state index in [0.29, 0.717) is 0 Å². The van der Waals surface area contributed by atoms with Crippen LogP contribution >= 0.6 is 0 Å². The van der Waals surface area contributed by atoms with Gasteiger partial charge in [0.1, 0.15) is 6.29 Å². The van der Waals surface area contributed by atoms with Crippen LogP contribution < -0.4 is 10.6 Å². The van der Waals surface area contributed by atoms with Crippen molar-refractivity contribution >= 4 is 28.6 Å². The average Bonchev–Trinajstić information content (AvgIpc) is 2.84. The number of aromatic nitrogens is 1. The Hall–Kier alpha value is -2.75. The van der Waals surface area contributed by atoms with Crippen molar-refractivity contribution < 1.29 is 4.79 Å². The molecular weight excluding hydrogens is 346 g/mol. The Morgan fingerprint density at radius 2 is 1.82 bits per heavy atom. The highest BCUT2D eigenvalue weighted by molar-refractivity contribution is 5.97. The van der Waals surface area contributed by atoms with Crippen LogP contribution in [0.3, 0.4) is 0 Å². The van der Waals surface area contributed by atoms with Gasteiger partial charge < -0.3 is 20.0 Å². The van der Waals surface area contributed by atoms with E-state index in [0.717, 1.165) is 24.1 Å². The third-order valence-corrected chi connectivity index (χ3v) is 5.62. The number of fused-ring (bicyclic) bond motifs is 2. The summed E-state index contributed by atoms with van der Waals surface area (Å²) in [5.41, 5.74) is 6.94. The minimum absolute atomic E-state index is 0.0684. The van der Waals surface area contributed by atoms with Gasteiger partial charge in [0.2, 0.25) is 0 Å². The molecule has 0 saturated heterocycles. The molecule has 2 atom stereocenters. The van der Waals surface area contributed by atoms with E-state index in [9.17, 15) is 4.79 Å². The topological polar surface area (TPSA) is 46.1 Å². The van der Waals surface area contributed by atoms with Gasteiger partial charge in [0, 0.05) is 28.0 Å². The van der Waals surface area contributed by atoms with E-state index in [1.54, 1.807) is 0 Å². The van der Waals surface area contributed by atoms with Gasteiger partial charge in [-0.2, -0.15) is 0 Å². The molecule has 4 rings (SSSR count).